The standard InChI is InChI=1S/C52H33N3O2/c56-48-25-12-10-21-42(48)52-54-51-41(22-13-24-47(51)55(52)46-23-11-9-20-40(46)34-16-5-2-6-17-34)38-26-37(33-14-3-1-4-15-33)27-39(28-38)45-31-44-43-29-35-18-7-8-19-36(35)30-49(43)57-50(44)32-53-45/h1-32,56H. The van der Waals surface area contributed by atoms with Gasteiger partial charge >= 0.3 is 0 Å². The van der Waals surface area contributed by atoms with Crippen molar-refractivity contribution in [1.82, 2.24) is 14.5 Å². The Morgan fingerprint density at radius 3 is 1.89 bits per heavy atom. The molecule has 0 aliphatic heterocycles. The Labute approximate surface area is 328 Å². The van der Waals surface area contributed by atoms with Crippen LogP contribution in [0.25, 0.3) is 105 Å². The summed E-state index contributed by atoms with van der Waals surface area (Å²) >= 11 is 0. The van der Waals surface area contributed by atoms with Gasteiger partial charge in [-0.2, -0.15) is 0 Å². The Balaban J connectivity index is 1.15. The molecule has 5 heteroatoms. The predicted molar refractivity (Wildman–Crippen MR) is 232 cm³/mol. The predicted octanol–water partition coefficient (Wildman–Crippen LogP) is 13.5. The van der Waals surface area contributed by atoms with Crippen LogP contribution >= 0.6 is 0 Å². The maximum absolute atomic E-state index is 11.3. The summed E-state index contributed by atoms with van der Waals surface area (Å²) in [5, 5.41) is 15.7. The zero-order valence-electron chi connectivity index (χ0n) is 30.7. The van der Waals surface area contributed by atoms with Crippen LogP contribution in [0, 0.1) is 0 Å². The van der Waals surface area contributed by atoms with Crippen molar-refractivity contribution >= 4 is 43.7 Å². The van der Waals surface area contributed by atoms with Crippen LogP contribution < -0.4 is 0 Å². The molecule has 0 amide bonds. The van der Waals surface area contributed by atoms with Gasteiger partial charge in [0, 0.05) is 27.5 Å². The summed E-state index contributed by atoms with van der Waals surface area (Å²) < 4.78 is 8.51. The van der Waals surface area contributed by atoms with E-state index in [0.717, 1.165) is 88.7 Å². The highest BCUT2D eigenvalue weighted by molar-refractivity contribution is 6.10. The van der Waals surface area contributed by atoms with Crippen LogP contribution in [0.5, 0.6) is 5.75 Å². The lowest BCUT2D eigenvalue weighted by molar-refractivity contribution is 0.477. The number of hydrogen-bond donors (Lipinski definition) is 1. The van der Waals surface area contributed by atoms with Crippen LogP contribution in [0.2, 0.25) is 0 Å². The van der Waals surface area contributed by atoms with Gasteiger partial charge in [-0.15, -0.1) is 0 Å². The van der Waals surface area contributed by atoms with E-state index in [1.807, 2.05) is 36.5 Å². The molecular weight excluding hydrogens is 699 g/mol. The quantitative estimate of drug-likeness (QED) is 0.185. The molecular formula is C52H33N3O2. The highest BCUT2D eigenvalue weighted by atomic mass is 16.3. The molecule has 0 fully saturated rings. The van der Waals surface area contributed by atoms with E-state index in [0.29, 0.717) is 11.4 Å². The molecule has 0 saturated carbocycles. The van der Waals surface area contributed by atoms with Crippen LogP contribution in [0.1, 0.15) is 0 Å². The molecule has 0 aliphatic rings. The lowest BCUT2D eigenvalue weighted by Crippen LogP contribution is -2.00. The fourth-order valence-corrected chi connectivity index (χ4v) is 8.20. The van der Waals surface area contributed by atoms with E-state index >= 15 is 0 Å². The first kappa shape index (κ1) is 32.7. The van der Waals surface area contributed by atoms with E-state index in [-0.39, 0.29) is 5.75 Å². The van der Waals surface area contributed by atoms with Crippen molar-refractivity contribution in [2.24, 2.45) is 0 Å². The number of phenolic OH excluding ortho intramolecular Hbond substituents is 1. The molecule has 5 nitrogen and oxygen atoms in total. The van der Waals surface area contributed by atoms with Gasteiger partial charge in [-0.3, -0.25) is 9.55 Å². The fraction of sp³-hybridized carbons (Fsp3) is 0. The van der Waals surface area contributed by atoms with E-state index in [1.54, 1.807) is 6.07 Å². The average Bonchev–Trinajstić information content (AvgIpc) is 3.84. The average molecular weight is 732 g/mol. The van der Waals surface area contributed by atoms with Gasteiger partial charge in [-0.05, 0) is 93.7 Å². The topological polar surface area (TPSA) is 64.1 Å². The van der Waals surface area contributed by atoms with Gasteiger partial charge < -0.3 is 9.52 Å². The molecule has 11 rings (SSSR count). The number of fused-ring (bicyclic) bond motifs is 5. The molecule has 3 heterocycles. The number of aromatic nitrogens is 3. The van der Waals surface area contributed by atoms with E-state index in [1.165, 1.54) is 5.39 Å². The van der Waals surface area contributed by atoms with Crippen LogP contribution in [-0.4, -0.2) is 19.6 Å². The zero-order valence-corrected chi connectivity index (χ0v) is 30.7. The highest BCUT2D eigenvalue weighted by Gasteiger charge is 2.22. The van der Waals surface area contributed by atoms with Crippen molar-refractivity contribution in [3.05, 3.63) is 194 Å². The number of imidazole rings is 1. The molecule has 0 aliphatic carbocycles. The van der Waals surface area contributed by atoms with Crippen LogP contribution in [0.4, 0.5) is 0 Å². The number of furan rings is 1. The lowest BCUT2D eigenvalue weighted by Gasteiger charge is -2.15. The summed E-state index contributed by atoms with van der Waals surface area (Å²) in [5.74, 6) is 0.826. The molecule has 0 bridgehead atoms. The Hall–Kier alpha value is -7.76. The van der Waals surface area contributed by atoms with Crippen molar-refractivity contribution < 1.29 is 9.52 Å². The molecule has 0 spiro atoms. The third-order valence-electron chi connectivity index (χ3n) is 10.9. The third-order valence-corrected chi connectivity index (χ3v) is 10.9. The Bertz CT molecular complexity index is 3310. The van der Waals surface area contributed by atoms with E-state index in [9.17, 15) is 5.11 Å². The summed E-state index contributed by atoms with van der Waals surface area (Å²) in [7, 11) is 0. The SMILES string of the molecule is Oc1ccccc1-c1nc2c(-c3cc(-c4ccccc4)cc(-c4cc5c(cn4)oc4cc6ccccc6cc45)c3)cccc2n1-c1ccccc1-c1ccccc1. The first-order valence-electron chi connectivity index (χ1n) is 19.0. The van der Waals surface area contributed by atoms with E-state index in [2.05, 4.69) is 156 Å². The lowest BCUT2D eigenvalue weighted by atomic mass is 9.94. The molecule has 57 heavy (non-hydrogen) atoms. The summed E-state index contributed by atoms with van der Waals surface area (Å²) in [6.07, 6.45) is 1.84. The Kier molecular flexibility index (Phi) is 7.57. The molecule has 11 aromatic rings. The maximum atomic E-state index is 11.3. The normalized spacial score (nSPS) is 11.6. The molecule has 268 valence electrons. The molecule has 0 unspecified atom stereocenters. The Morgan fingerprint density at radius 1 is 0.456 bits per heavy atom. The molecule has 1 N–H and O–H groups in total. The Morgan fingerprint density at radius 2 is 1.09 bits per heavy atom. The van der Waals surface area contributed by atoms with Crippen molar-refractivity contribution in [1.29, 1.82) is 0 Å². The number of hydrogen-bond acceptors (Lipinski definition) is 4. The first-order chi connectivity index (χ1) is 28.2. The van der Waals surface area contributed by atoms with Gasteiger partial charge in [0.1, 0.15) is 17.2 Å². The first-order valence-corrected chi connectivity index (χ1v) is 19.0. The van der Waals surface area contributed by atoms with Gasteiger partial charge in [0.2, 0.25) is 0 Å². The largest absolute Gasteiger partial charge is 0.507 e. The monoisotopic (exact) mass is 731 g/mol. The van der Waals surface area contributed by atoms with Gasteiger partial charge in [-0.25, -0.2) is 4.98 Å². The molecule has 3 aromatic heterocycles. The summed E-state index contributed by atoms with van der Waals surface area (Å²) in [6, 6.07) is 64.5. The molecule has 8 aromatic carbocycles. The minimum absolute atomic E-state index is 0.169. The molecule has 0 radical (unpaired) electrons. The number of nitrogens with zero attached hydrogens (tertiary/aromatic N) is 3. The second kappa shape index (κ2) is 13.2. The summed E-state index contributed by atoms with van der Waals surface area (Å²) in [6.45, 7) is 0. The number of para-hydroxylation sites is 3. The van der Waals surface area contributed by atoms with Crippen LogP contribution in [0.3, 0.4) is 0 Å². The minimum Gasteiger partial charge on any atom is -0.507 e. The number of pyridine rings is 1. The summed E-state index contributed by atoms with van der Waals surface area (Å²) in [4.78, 5) is 10.4. The maximum Gasteiger partial charge on any atom is 0.153 e. The van der Waals surface area contributed by atoms with Crippen LogP contribution in [-0.2, 0) is 0 Å². The summed E-state index contributed by atoms with van der Waals surface area (Å²) in [5.41, 5.74) is 13.1. The minimum atomic E-state index is 0.169. The fourth-order valence-electron chi connectivity index (χ4n) is 8.20. The number of aromatic hydroxyl groups is 1. The highest BCUT2D eigenvalue weighted by Crippen LogP contribution is 2.42. The molecule has 0 saturated heterocycles. The van der Waals surface area contributed by atoms with Gasteiger partial charge in [0.25, 0.3) is 0 Å². The van der Waals surface area contributed by atoms with Crippen molar-refractivity contribution in [2.45, 2.75) is 0 Å². The van der Waals surface area contributed by atoms with Gasteiger partial charge in [0.05, 0.1) is 34.2 Å². The van der Waals surface area contributed by atoms with E-state index < -0.39 is 0 Å². The second-order valence-corrected chi connectivity index (χ2v) is 14.4. The van der Waals surface area contributed by atoms with Crippen molar-refractivity contribution in [3.8, 4) is 67.5 Å². The smallest absolute Gasteiger partial charge is 0.153 e. The van der Waals surface area contributed by atoms with E-state index in [4.69, 9.17) is 14.4 Å². The van der Waals surface area contributed by atoms with Crippen LogP contribution in [0.15, 0.2) is 199 Å². The number of benzene rings is 8. The van der Waals surface area contributed by atoms with Gasteiger partial charge in [-0.1, -0.05) is 127 Å². The van der Waals surface area contributed by atoms with Crippen molar-refractivity contribution in [3.63, 3.8) is 0 Å². The number of rotatable bonds is 6. The molecule has 0 atom stereocenters. The van der Waals surface area contributed by atoms with Crippen molar-refractivity contribution in [2.75, 3.05) is 0 Å². The third kappa shape index (κ3) is 5.56. The van der Waals surface area contributed by atoms with Gasteiger partial charge in [0.15, 0.2) is 5.58 Å². The zero-order chi connectivity index (χ0) is 37.9. The second-order valence-electron chi connectivity index (χ2n) is 14.4. The number of phenols is 1.